The van der Waals surface area contributed by atoms with Gasteiger partial charge in [0, 0.05) is 6.26 Å². The highest BCUT2D eigenvalue weighted by atomic mass is 35.5. The number of rotatable bonds is 1. The van der Waals surface area contributed by atoms with Gasteiger partial charge in [-0.15, -0.1) is 0 Å². The lowest BCUT2D eigenvalue weighted by Gasteiger charge is -2.01. The number of nitriles is 1. The summed E-state index contributed by atoms with van der Waals surface area (Å²) in [5.74, 6) is -0.252. The van der Waals surface area contributed by atoms with E-state index >= 15 is 0 Å². The minimum Gasteiger partial charge on any atom is -0.381 e. The standard InChI is InChI=1S/C6H5ClN4O2S/c1-14(12,13)6-4(7)10-3(2-8)5(9)11-6/h1H3,(H2,9,11). The van der Waals surface area contributed by atoms with Crippen LogP contribution in [-0.4, -0.2) is 24.6 Å². The van der Waals surface area contributed by atoms with Crippen molar-refractivity contribution in [3.8, 4) is 6.07 Å². The van der Waals surface area contributed by atoms with Crippen LogP contribution in [0.15, 0.2) is 5.03 Å². The summed E-state index contributed by atoms with van der Waals surface area (Å²) in [6.45, 7) is 0. The average Bonchev–Trinajstić information content (AvgIpc) is 2.06. The van der Waals surface area contributed by atoms with Crippen LogP contribution in [-0.2, 0) is 9.84 Å². The molecule has 0 spiro atoms. The fourth-order valence-corrected chi connectivity index (χ4v) is 1.89. The van der Waals surface area contributed by atoms with Crippen molar-refractivity contribution in [2.24, 2.45) is 0 Å². The monoisotopic (exact) mass is 232 g/mol. The molecule has 0 atom stereocenters. The van der Waals surface area contributed by atoms with Gasteiger partial charge in [0.2, 0.25) is 0 Å². The Morgan fingerprint density at radius 1 is 1.50 bits per heavy atom. The zero-order chi connectivity index (χ0) is 10.9. The van der Waals surface area contributed by atoms with Crippen LogP contribution >= 0.6 is 11.6 Å². The predicted octanol–water partition coefficient (Wildman–Crippen LogP) is -0.0126. The van der Waals surface area contributed by atoms with Crippen LogP contribution in [0.3, 0.4) is 0 Å². The van der Waals surface area contributed by atoms with Crippen molar-refractivity contribution >= 4 is 27.3 Å². The molecule has 0 amide bonds. The third kappa shape index (κ3) is 1.92. The van der Waals surface area contributed by atoms with Gasteiger partial charge in [-0.05, 0) is 0 Å². The number of nitrogens with two attached hydrogens (primary N) is 1. The van der Waals surface area contributed by atoms with Gasteiger partial charge in [-0.2, -0.15) is 5.26 Å². The average molecular weight is 233 g/mol. The first-order valence-electron chi connectivity index (χ1n) is 3.29. The van der Waals surface area contributed by atoms with Crippen molar-refractivity contribution in [2.45, 2.75) is 5.03 Å². The molecule has 2 N–H and O–H groups in total. The van der Waals surface area contributed by atoms with Gasteiger partial charge >= 0.3 is 0 Å². The Kier molecular flexibility index (Phi) is 2.59. The molecule has 0 aromatic carbocycles. The van der Waals surface area contributed by atoms with Crippen molar-refractivity contribution in [3.05, 3.63) is 10.8 Å². The number of sulfone groups is 1. The van der Waals surface area contributed by atoms with Gasteiger partial charge in [0.25, 0.3) is 0 Å². The fraction of sp³-hybridized carbons (Fsp3) is 0.167. The third-order valence-corrected chi connectivity index (χ3v) is 2.67. The van der Waals surface area contributed by atoms with Gasteiger partial charge in [-0.3, -0.25) is 0 Å². The predicted molar refractivity (Wildman–Crippen MR) is 49.3 cm³/mol. The van der Waals surface area contributed by atoms with Crippen LogP contribution in [0.2, 0.25) is 5.15 Å². The van der Waals surface area contributed by atoms with Gasteiger partial charge in [-0.25, -0.2) is 18.4 Å². The number of nitrogens with zero attached hydrogens (tertiary/aromatic N) is 3. The summed E-state index contributed by atoms with van der Waals surface area (Å²) in [5, 5.41) is 7.73. The topological polar surface area (TPSA) is 110 Å². The normalized spacial score (nSPS) is 10.9. The van der Waals surface area contributed by atoms with E-state index in [2.05, 4.69) is 9.97 Å². The first-order chi connectivity index (χ1) is 6.36. The Balaban J connectivity index is 3.54. The lowest BCUT2D eigenvalue weighted by atomic mass is 10.4. The second kappa shape index (κ2) is 3.40. The van der Waals surface area contributed by atoms with Crippen LogP contribution < -0.4 is 5.73 Å². The number of hydrogen-bond donors (Lipinski definition) is 1. The van der Waals surface area contributed by atoms with Crippen LogP contribution in [0.4, 0.5) is 5.82 Å². The molecular formula is C6H5ClN4O2S. The van der Waals surface area contributed by atoms with Crippen LogP contribution in [0.5, 0.6) is 0 Å². The molecule has 0 saturated carbocycles. The second-order valence-corrected chi connectivity index (χ2v) is 4.73. The van der Waals surface area contributed by atoms with E-state index in [4.69, 9.17) is 22.6 Å². The van der Waals surface area contributed by atoms with Crippen molar-refractivity contribution in [1.29, 1.82) is 5.26 Å². The molecule has 0 bridgehead atoms. The number of anilines is 1. The Morgan fingerprint density at radius 2 is 2.07 bits per heavy atom. The number of halogens is 1. The van der Waals surface area contributed by atoms with Gasteiger partial charge in [0.05, 0.1) is 0 Å². The zero-order valence-corrected chi connectivity index (χ0v) is 8.59. The highest BCUT2D eigenvalue weighted by molar-refractivity contribution is 7.90. The maximum Gasteiger partial charge on any atom is 0.195 e. The molecule has 74 valence electrons. The van der Waals surface area contributed by atoms with Gasteiger partial charge in [-0.1, -0.05) is 11.6 Å². The molecule has 8 heteroatoms. The maximum atomic E-state index is 11.1. The van der Waals surface area contributed by atoms with E-state index in [1.807, 2.05) is 0 Å². The molecule has 0 aliphatic carbocycles. The molecule has 0 unspecified atom stereocenters. The Hall–Kier alpha value is -1.39. The molecule has 14 heavy (non-hydrogen) atoms. The van der Waals surface area contributed by atoms with Crippen LogP contribution in [0.1, 0.15) is 5.69 Å². The maximum absolute atomic E-state index is 11.1. The van der Waals surface area contributed by atoms with E-state index in [9.17, 15) is 8.42 Å². The molecule has 0 aliphatic heterocycles. The van der Waals surface area contributed by atoms with Gasteiger partial charge < -0.3 is 5.73 Å². The fourth-order valence-electron chi connectivity index (χ4n) is 0.730. The second-order valence-electron chi connectivity index (χ2n) is 2.44. The van der Waals surface area contributed by atoms with E-state index in [0.717, 1.165) is 6.26 Å². The molecule has 1 rings (SSSR count). The summed E-state index contributed by atoms with van der Waals surface area (Å²) in [7, 11) is -3.58. The quantitative estimate of drug-likeness (QED) is 0.729. The largest absolute Gasteiger partial charge is 0.381 e. The molecule has 0 aliphatic rings. The first-order valence-corrected chi connectivity index (χ1v) is 5.56. The summed E-state index contributed by atoms with van der Waals surface area (Å²) in [6.07, 6.45) is 0.925. The molecule has 6 nitrogen and oxygen atoms in total. The minimum absolute atomic E-state index is 0.192. The van der Waals surface area contributed by atoms with E-state index in [1.54, 1.807) is 6.07 Å². The molecule has 0 radical (unpaired) electrons. The van der Waals surface area contributed by atoms with Gasteiger partial charge in [0.15, 0.2) is 31.5 Å². The third-order valence-electron chi connectivity index (χ3n) is 1.31. The highest BCUT2D eigenvalue weighted by Crippen LogP contribution is 2.19. The van der Waals surface area contributed by atoms with E-state index in [0.29, 0.717) is 0 Å². The van der Waals surface area contributed by atoms with E-state index < -0.39 is 14.9 Å². The molecular weight excluding hydrogens is 228 g/mol. The first kappa shape index (κ1) is 10.7. The molecule has 1 aromatic rings. The zero-order valence-electron chi connectivity index (χ0n) is 7.02. The minimum atomic E-state index is -3.58. The molecule has 1 heterocycles. The Bertz CT molecular complexity index is 519. The van der Waals surface area contributed by atoms with Gasteiger partial charge in [0.1, 0.15) is 6.07 Å². The van der Waals surface area contributed by atoms with E-state index in [1.165, 1.54) is 0 Å². The Labute approximate surface area is 85.3 Å². The van der Waals surface area contributed by atoms with Crippen molar-refractivity contribution in [2.75, 3.05) is 12.0 Å². The molecule has 0 fully saturated rings. The molecule has 0 saturated heterocycles. The summed E-state index contributed by atoms with van der Waals surface area (Å²) in [5.41, 5.74) is 5.09. The van der Waals surface area contributed by atoms with Crippen LogP contribution in [0.25, 0.3) is 0 Å². The van der Waals surface area contributed by atoms with E-state index in [-0.39, 0.29) is 16.7 Å². The lowest BCUT2D eigenvalue weighted by Crippen LogP contribution is -2.08. The van der Waals surface area contributed by atoms with Crippen molar-refractivity contribution in [3.63, 3.8) is 0 Å². The van der Waals surface area contributed by atoms with Crippen molar-refractivity contribution in [1.82, 2.24) is 9.97 Å². The van der Waals surface area contributed by atoms with Crippen LogP contribution in [0, 0.1) is 11.3 Å². The lowest BCUT2D eigenvalue weighted by molar-refractivity contribution is 0.598. The Morgan fingerprint density at radius 3 is 2.50 bits per heavy atom. The SMILES string of the molecule is CS(=O)(=O)c1nc(N)c(C#N)nc1Cl. The molecule has 1 aromatic heterocycles. The number of nitrogen functional groups attached to an aromatic ring is 1. The number of aromatic nitrogens is 2. The summed E-state index contributed by atoms with van der Waals surface area (Å²) in [6, 6.07) is 1.64. The number of hydrogen-bond acceptors (Lipinski definition) is 6. The summed E-state index contributed by atoms with van der Waals surface area (Å²) in [4.78, 5) is 6.98. The van der Waals surface area contributed by atoms with Crippen molar-refractivity contribution < 1.29 is 8.42 Å². The summed E-state index contributed by atoms with van der Waals surface area (Å²) < 4.78 is 22.2. The highest BCUT2D eigenvalue weighted by Gasteiger charge is 2.18. The smallest absolute Gasteiger partial charge is 0.195 e. The summed E-state index contributed by atoms with van der Waals surface area (Å²) >= 11 is 5.51.